The monoisotopic (exact) mass is 259 g/mol. The van der Waals surface area contributed by atoms with Crippen LogP contribution in [0.15, 0.2) is 18.3 Å². The van der Waals surface area contributed by atoms with Crippen molar-refractivity contribution in [3.05, 3.63) is 23.9 Å². The van der Waals surface area contributed by atoms with E-state index in [1.54, 1.807) is 6.20 Å². The van der Waals surface area contributed by atoms with Crippen molar-refractivity contribution in [1.82, 2.24) is 9.88 Å². The van der Waals surface area contributed by atoms with Gasteiger partial charge < -0.3 is 9.80 Å². The average Bonchev–Trinajstić information content (AvgIpc) is 2.81. The van der Waals surface area contributed by atoms with E-state index in [0.29, 0.717) is 5.92 Å². The first-order chi connectivity index (χ1) is 9.13. The minimum atomic E-state index is 0.147. The Morgan fingerprint density at radius 1 is 1.26 bits per heavy atom. The van der Waals surface area contributed by atoms with Crippen LogP contribution in [-0.2, 0) is 0 Å². The molecule has 3 heterocycles. The van der Waals surface area contributed by atoms with Crippen LogP contribution in [0.2, 0.25) is 0 Å². The van der Waals surface area contributed by atoms with Gasteiger partial charge in [0.15, 0.2) is 0 Å². The summed E-state index contributed by atoms with van der Waals surface area (Å²) in [6.07, 6.45) is 2.97. The number of carbonyl (C=O) groups excluding carboxylic acids is 1. The van der Waals surface area contributed by atoms with E-state index in [9.17, 15) is 4.79 Å². The van der Waals surface area contributed by atoms with Gasteiger partial charge in [0.1, 0.15) is 5.82 Å². The van der Waals surface area contributed by atoms with Crippen LogP contribution >= 0.6 is 0 Å². The quantitative estimate of drug-likeness (QED) is 0.815. The maximum absolute atomic E-state index is 12.3. The molecule has 0 aliphatic carbocycles. The lowest BCUT2D eigenvalue weighted by molar-refractivity contribution is 0.0530. The van der Waals surface area contributed by atoms with E-state index in [4.69, 9.17) is 0 Å². The van der Waals surface area contributed by atoms with Gasteiger partial charge in [0.2, 0.25) is 0 Å². The Kier molecular flexibility index (Phi) is 3.17. The normalized spacial score (nSPS) is 23.6. The van der Waals surface area contributed by atoms with Gasteiger partial charge in [-0.3, -0.25) is 4.79 Å². The number of amides is 1. The first-order valence-corrected chi connectivity index (χ1v) is 7.14. The lowest BCUT2D eigenvalue weighted by atomic mass is 10.0. The van der Waals surface area contributed by atoms with Crippen molar-refractivity contribution in [2.45, 2.75) is 20.3 Å². The molecule has 2 aliphatic heterocycles. The Bertz CT molecular complexity index is 482. The molecule has 0 bridgehead atoms. The highest BCUT2D eigenvalue weighted by molar-refractivity contribution is 5.95. The largest absolute Gasteiger partial charge is 0.356 e. The number of hydrogen-bond donors (Lipinski definition) is 0. The van der Waals surface area contributed by atoms with Crippen LogP contribution in [0.25, 0.3) is 0 Å². The summed E-state index contributed by atoms with van der Waals surface area (Å²) in [6.45, 7) is 8.30. The minimum absolute atomic E-state index is 0.147. The molecule has 1 aromatic heterocycles. The number of rotatable bonds is 2. The summed E-state index contributed by atoms with van der Waals surface area (Å²) in [6, 6.07) is 3.78. The van der Waals surface area contributed by atoms with Gasteiger partial charge in [-0.05, 0) is 30.4 Å². The lowest BCUT2D eigenvalue weighted by Crippen LogP contribution is -2.48. The molecule has 0 N–H and O–H groups in total. The molecule has 1 unspecified atom stereocenters. The molecule has 19 heavy (non-hydrogen) atoms. The Labute approximate surface area is 114 Å². The third-order valence-electron chi connectivity index (χ3n) is 4.09. The van der Waals surface area contributed by atoms with Gasteiger partial charge in [-0.1, -0.05) is 13.8 Å². The number of hydrogen-bond acceptors (Lipinski definition) is 3. The second-order valence-electron chi connectivity index (χ2n) is 6.06. The van der Waals surface area contributed by atoms with E-state index in [-0.39, 0.29) is 5.91 Å². The number of carbonyl (C=O) groups is 1. The van der Waals surface area contributed by atoms with Gasteiger partial charge in [-0.2, -0.15) is 0 Å². The van der Waals surface area contributed by atoms with E-state index >= 15 is 0 Å². The molecule has 1 atom stereocenters. The van der Waals surface area contributed by atoms with Gasteiger partial charge in [0.25, 0.3) is 5.91 Å². The maximum atomic E-state index is 12.3. The van der Waals surface area contributed by atoms with E-state index in [1.165, 1.54) is 6.42 Å². The molecule has 1 amide bonds. The van der Waals surface area contributed by atoms with Crippen molar-refractivity contribution in [2.24, 2.45) is 11.8 Å². The summed E-state index contributed by atoms with van der Waals surface area (Å²) in [5, 5.41) is 0. The van der Waals surface area contributed by atoms with Crippen molar-refractivity contribution in [1.29, 1.82) is 0 Å². The fourth-order valence-electron chi connectivity index (χ4n) is 2.91. The van der Waals surface area contributed by atoms with Crippen LogP contribution in [0.3, 0.4) is 0 Å². The van der Waals surface area contributed by atoms with Gasteiger partial charge in [0, 0.05) is 37.9 Å². The Morgan fingerprint density at radius 3 is 2.68 bits per heavy atom. The van der Waals surface area contributed by atoms with Crippen LogP contribution in [-0.4, -0.2) is 42.0 Å². The van der Waals surface area contributed by atoms with E-state index in [2.05, 4.69) is 23.7 Å². The maximum Gasteiger partial charge on any atom is 0.254 e. The highest BCUT2D eigenvalue weighted by atomic mass is 16.2. The molecule has 2 aliphatic rings. The van der Waals surface area contributed by atoms with Crippen molar-refractivity contribution in [3.8, 4) is 0 Å². The number of likely N-dealkylation sites (tertiary alicyclic amines) is 1. The molecular weight excluding hydrogens is 238 g/mol. The second kappa shape index (κ2) is 4.83. The average molecular weight is 259 g/mol. The number of pyridine rings is 1. The molecule has 0 radical (unpaired) electrons. The molecular formula is C15H21N3O. The Morgan fingerprint density at radius 2 is 2.05 bits per heavy atom. The molecule has 102 valence electrons. The van der Waals surface area contributed by atoms with Gasteiger partial charge in [-0.15, -0.1) is 0 Å². The van der Waals surface area contributed by atoms with Crippen LogP contribution < -0.4 is 4.90 Å². The standard InChI is InChI=1S/C15H21N3O/c1-11-4-6-17(8-11)14-7-13(3-5-16-14)15(19)18-9-12(2)10-18/h3,5,7,11-12H,4,6,8-10H2,1-2H3. The van der Waals surface area contributed by atoms with Crippen LogP contribution in [0.5, 0.6) is 0 Å². The highest BCUT2D eigenvalue weighted by Gasteiger charge is 2.28. The Balaban J connectivity index is 1.74. The first-order valence-electron chi connectivity index (χ1n) is 7.14. The van der Waals surface area contributed by atoms with Crippen molar-refractivity contribution >= 4 is 11.7 Å². The van der Waals surface area contributed by atoms with Gasteiger partial charge >= 0.3 is 0 Å². The zero-order valence-electron chi connectivity index (χ0n) is 11.7. The fourth-order valence-corrected chi connectivity index (χ4v) is 2.91. The summed E-state index contributed by atoms with van der Waals surface area (Å²) < 4.78 is 0. The molecule has 0 spiro atoms. The van der Waals surface area contributed by atoms with Gasteiger partial charge in [0.05, 0.1) is 0 Å². The molecule has 3 rings (SSSR count). The minimum Gasteiger partial charge on any atom is -0.356 e. The molecule has 1 aromatic rings. The third-order valence-corrected chi connectivity index (χ3v) is 4.09. The number of aromatic nitrogens is 1. The molecule has 4 heteroatoms. The SMILES string of the molecule is CC1CN(C(=O)c2ccnc(N3CCC(C)C3)c2)C1. The number of anilines is 1. The smallest absolute Gasteiger partial charge is 0.254 e. The molecule has 2 fully saturated rings. The predicted octanol–water partition coefficient (Wildman–Crippen LogP) is 2.02. The van der Waals surface area contributed by atoms with E-state index < -0.39 is 0 Å². The summed E-state index contributed by atoms with van der Waals surface area (Å²) in [4.78, 5) is 20.9. The molecule has 4 nitrogen and oxygen atoms in total. The third kappa shape index (κ3) is 2.44. The van der Waals surface area contributed by atoms with Crippen LogP contribution in [0.1, 0.15) is 30.6 Å². The Hall–Kier alpha value is -1.58. The van der Waals surface area contributed by atoms with Crippen molar-refractivity contribution in [3.63, 3.8) is 0 Å². The molecule has 0 saturated carbocycles. The van der Waals surface area contributed by atoms with Crippen LogP contribution in [0, 0.1) is 11.8 Å². The van der Waals surface area contributed by atoms with E-state index in [1.807, 2.05) is 17.0 Å². The summed E-state index contributed by atoms with van der Waals surface area (Å²) in [5.74, 6) is 2.46. The summed E-state index contributed by atoms with van der Waals surface area (Å²) in [7, 11) is 0. The predicted molar refractivity (Wildman–Crippen MR) is 75.3 cm³/mol. The van der Waals surface area contributed by atoms with Crippen molar-refractivity contribution in [2.75, 3.05) is 31.1 Å². The first kappa shape index (κ1) is 12.5. The van der Waals surface area contributed by atoms with E-state index in [0.717, 1.165) is 43.5 Å². The fraction of sp³-hybridized carbons (Fsp3) is 0.600. The lowest BCUT2D eigenvalue weighted by Gasteiger charge is -2.37. The second-order valence-corrected chi connectivity index (χ2v) is 6.06. The van der Waals surface area contributed by atoms with Crippen LogP contribution in [0.4, 0.5) is 5.82 Å². The van der Waals surface area contributed by atoms with Crippen molar-refractivity contribution < 1.29 is 4.79 Å². The zero-order valence-corrected chi connectivity index (χ0v) is 11.7. The topological polar surface area (TPSA) is 36.4 Å². The highest BCUT2D eigenvalue weighted by Crippen LogP contribution is 2.24. The summed E-state index contributed by atoms with van der Waals surface area (Å²) >= 11 is 0. The zero-order chi connectivity index (χ0) is 13.4. The molecule has 0 aromatic carbocycles. The molecule has 2 saturated heterocycles. The summed E-state index contributed by atoms with van der Waals surface area (Å²) in [5.41, 5.74) is 0.774. The number of nitrogens with zero attached hydrogens (tertiary/aromatic N) is 3. The van der Waals surface area contributed by atoms with Gasteiger partial charge in [-0.25, -0.2) is 4.98 Å².